The standard InChI is InChI=1S/C27H41NO2/c1-4-6-8-10-14-20-29-27-21-28-19-18-25(27)24-16-12-13-17-26(24)30-22-23(3)15-11-9-7-5-2/h12-13,16-19,21,23H,4-11,14-15,20,22H2,1-3H3. The van der Waals surface area contributed by atoms with Gasteiger partial charge in [-0.25, -0.2) is 0 Å². The van der Waals surface area contributed by atoms with Crippen LogP contribution in [0.15, 0.2) is 42.7 Å². The average Bonchev–Trinajstić information content (AvgIpc) is 2.78. The lowest BCUT2D eigenvalue weighted by Gasteiger charge is -2.17. The van der Waals surface area contributed by atoms with Crippen molar-refractivity contribution in [1.82, 2.24) is 4.98 Å². The Balaban J connectivity index is 1.96. The van der Waals surface area contributed by atoms with Crippen LogP contribution in [0.3, 0.4) is 0 Å². The Bertz CT molecular complexity index is 701. The zero-order valence-corrected chi connectivity index (χ0v) is 19.4. The van der Waals surface area contributed by atoms with Gasteiger partial charge in [-0.05, 0) is 30.9 Å². The van der Waals surface area contributed by atoms with E-state index in [0.717, 1.165) is 42.3 Å². The highest BCUT2D eigenvalue weighted by Crippen LogP contribution is 2.36. The fraction of sp³-hybridized carbons (Fsp3) is 0.593. The number of hydrogen-bond donors (Lipinski definition) is 0. The first-order valence-corrected chi connectivity index (χ1v) is 12.0. The summed E-state index contributed by atoms with van der Waals surface area (Å²) in [6.45, 7) is 8.27. The van der Waals surface area contributed by atoms with Crippen molar-refractivity contribution in [3.8, 4) is 22.6 Å². The molecule has 0 spiro atoms. The number of nitrogens with zero attached hydrogens (tertiary/aromatic N) is 1. The summed E-state index contributed by atoms with van der Waals surface area (Å²) in [6.07, 6.45) is 16.3. The van der Waals surface area contributed by atoms with Crippen LogP contribution in [0, 0.1) is 5.92 Å². The van der Waals surface area contributed by atoms with Crippen LogP contribution < -0.4 is 9.47 Å². The molecule has 0 radical (unpaired) electrons. The summed E-state index contributed by atoms with van der Waals surface area (Å²) in [5, 5.41) is 0. The lowest BCUT2D eigenvalue weighted by Crippen LogP contribution is -2.09. The van der Waals surface area contributed by atoms with Gasteiger partial charge < -0.3 is 9.47 Å². The maximum atomic E-state index is 6.26. The molecule has 2 rings (SSSR count). The summed E-state index contributed by atoms with van der Waals surface area (Å²) in [5.41, 5.74) is 2.14. The summed E-state index contributed by atoms with van der Waals surface area (Å²) in [4.78, 5) is 4.29. The molecule has 0 saturated heterocycles. The number of benzene rings is 1. The maximum absolute atomic E-state index is 6.26. The van der Waals surface area contributed by atoms with E-state index in [-0.39, 0.29) is 0 Å². The number of ether oxygens (including phenoxy) is 2. The Morgan fingerprint density at radius 2 is 1.47 bits per heavy atom. The van der Waals surface area contributed by atoms with Gasteiger partial charge in [0, 0.05) is 17.3 Å². The van der Waals surface area contributed by atoms with Gasteiger partial charge >= 0.3 is 0 Å². The number of aromatic nitrogens is 1. The minimum absolute atomic E-state index is 0.561. The van der Waals surface area contributed by atoms with Crippen LogP contribution in [0.1, 0.15) is 85.0 Å². The minimum atomic E-state index is 0.561. The Morgan fingerprint density at radius 1 is 0.767 bits per heavy atom. The van der Waals surface area contributed by atoms with Gasteiger partial charge in [-0.3, -0.25) is 4.98 Å². The van der Waals surface area contributed by atoms with E-state index in [1.165, 1.54) is 57.8 Å². The molecule has 0 aliphatic rings. The third kappa shape index (κ3) is 8.77. The molecule has 1 aromatic heterocycles. The van der Waals surface area contributed by atoms with Gasteiger partial charge in [-0.15, -0.1) is 0 Å². The first-order chi connectivity index (χ1) is 14.8. The number of unbranched alkanes of at least 4 members (excludes halogenated alkanes) is 7. The van der Waals surface area contributed by atoms with Crippen molar-refractivity contribution in [1.29, 1.82) is 0 Å². The van der Waals surface area contributed by atoms with Crippen molar-refractivity contribution >= 4 is 0 Å². The van der Waals surface area contributed by atoms with Crippen molar-refractivity contribution in [2.24, 2.45) is 5.92 Å². The second-order valence-electron chi connectivity index (χ2n) is 8.40. The van der Waals surface area contributed by atoms with Gasteiger partial charge in [0.1, 0.15) is 11.5 Å². The van der Waals surface area contributed by atoms with Crippen LogP contribution >= 0.6 is 0 Å². The fourth-order valence-corrected chi connectivity index (χ4v) is 3.66. The smallest absolute Gasteiger partial charge is 0.145 e. The average molecular weight is 412 g/mol. The summed E-state index contributed by atoms with van der Waals surface area (Å²) in [7, 11) is 0. The molecule has 0 amide bonds. The molecule has 2 aromatic rings. The van der Waals surface area contributed by atoms with Gasteiger partial charge in [0.25, 0.3) is 0 Å². The van der Waals surface area contributed by atoms with Gasteiger partial charge in [0.15, 0.2) is 0 Å². The molecular weight excluding hydrogens is 370 g/mol. The quantitative estimate of drug-likeness (QED) is 0.262. The lowest BCUT2D eigenvalue weighted by atomic mass is 10.0. The molecule has 3 nitrogen and oxygen atoms in total. The SMILES string of the molecule is CCCCCCCOc1cnccc1-c1ccccc1OCC(C)CCCCCC. The topological polar surface area (TPSA) is 31.4 Å². The van der Waals surface area contributed by atoms with Crippen molar-refractivity contribution in [2.75, 3.05) is 13.2 Å². The van der Waals surface area contributed by atoms with E-state index in [0.29, 0.717) is 5.92 Å². The molecule has 3 heteroatoms. The molecule has 0 aliphatic heterocycles. The molecule has 0 aliphatic carbocycles. The lowest BCUT2D eigenvalue weighted by molar-refractivity contribution is 0.249. The van der Waals surface area contributed by atoms with E-state index < -0.39 is 0 Å². The van der Waals surface area contributed by atoms with Crippen LogP contribution in [0.5, 0.6) is 11.5 Å². The van der Waals surface area contributed by atoms with E-state index in [9.17, 15) is 0 Å². The maximum Gasteiger partial charge on any atom is 0.145 e. The predicted octanol–water partition coefficient (Wildman–Crippen LogP) is 8.08. The zero-order chi connectivity index (χ0) is 21.4. The number of hydrogen-bond acceptors (Lipinski definition) is 3. The number of pyridine rings is 1. The Kier molecular flexibility index (Phi) is 12.0. The molecular formula is C27H41NO2. The molecule has 0 saturated carbocycles. The summed E-state index contributed by atoms with van der Waals surface area (Å²) in [6, 6.07) is 10.3. The van der Waals surface area contributed by atoms with Gasteiger partial charge in [-0.1, -0.05) is 90.3 Å². The largest absolute Gasteiger partial charge is 0.493 e. The molecule has 1 unspecified atom stereocenters. The summed E-state index contributed by atoms with van der Waals surface area (Å²) >= 11 is 0. The molecule has 0 N–H and O–H groups in total. The fourth-order valence-electron chi connectivity index (χ4n) is 3.66. The second kappa shape index (κ2) is 14.9. The number of para-hydroxylation sites is 1. The third-order valence-electron chi connectivity index (χ3n) is 5.54. The summed E-state index contributed by atoms with van der Waals surface area (Å²) < 4.78 is 12.4. The number of rotatable bonds is 16. The third-order valence-corrected chi connectivity index (χ3v) is 5.54. The van der Waals surface area contributed by atoms with Crippen molar-refractivity contribution in [3.05, 3.63) is 42.7 Å². The molecule has 1 atom stereocenters. The molecule has 1 heterocycles. The van der Waals surface area contributed by atoms with Gasteiger partial charge in [0.2, 0.25) is 0 Å². The molecule has 0 fully saturated rings. The highest BCUT2D eigenvalue weighted by molar-refractivity contribution is 5.75. The van der Waals surface area contributed by atoms with Crippen molar-refractivity contribution in [2.45, 2.75) is 85.0 Å². The first kappa shape index (κ1) is 24.2. The first-order valence-electron chi connectivity index (χ1n) is 12.0. The monoisotopic (exact) mass is 411 g/mol. The van der Waals surface area contributed by atoms with E-state index >= 15 is 0 Å². The molecule has 0 bridgehead atoms. The van der Waals surface area contributed by atoms with Crippen LogP contribution in [0.25, 0.3) is 11.1 Å². The highest BCUT2D eigenvalue weighted by Gasteiger charge is 2.13. The Hall–Kier alpha value is -2.03. The Labute approximate surface area is 184 Å². The normalized spacial score (nSPS) is 12.0. The molecule has 166 valence electrons. The Morgan fingerprint density at radius 3 is 2.27 bits per heavy atom. The molecule has 30 heavy (non-hydrogen) atoms. The van der Waals surface area contributed by atoms with Crippen LogP contribution in [-0.4, -0.2) is 18.2 Å². The van der Waals surface area contributed by atoms with E-state index in [2.05, 4.69) is 44.0 Å². The molecule has 1 aromatic carbocycles. The van der Waals surface area contributed by atoms with E-state index in [1.807, 2.05) is 24.5 Å². The van der Waals surface area contributed by atoms with Crippen LogP contribution in [0.2, 0.25) is 0 Å². The van der Waals surface area contributed by atoms with Crippen molar-refractivity contribution < 1.29 is 9.47 Å². The van der Waals surface area contributed by atoms with E-state index in [1.54, 1.807) is 0 Å². The van der Waals surface area contributed by atoms with Crippen molar-refractivity contribution in [3.63, 3.8) is 0 Å². The summed E-state index contributed by atoms with van der Waals surface area (Å²) in [5.74, 6) is 2.33. The minimum Gasteiger partial charge on any atom is -0.493 e. The predicted molar refractivity (Wildman–Crippen MR) is 127 cm³/mol. The van der Waals surface area contributed by atoms with Crippen LogP contribution in [-0.2, 0) is 0 Å². The second-order valence-corrected chi connectivity index (χ2v) is 8.40. The van der Waals surface area contributed by atoms with E-state index in [4.69, 9.17) is 9.47 Å². The highest BCUT2D eigenvalue weighted by atomic mass is 16.5. The van der Waals surface area contributed by atoms with Gasteiger partial charge in [0.05, 0.1) is 19.4 Å². The van der Waals surface area contributed by atoms with Crippen LogP contribution in [0.4, 0.5) is 0 Å². The van der Waals surface area contributed by atoms with Gasteiger partial charge in [-0.2, -0.15) is 0 Å². The zero-order valence-electron chi connectivity index (χ0n) is 19.4.